The number of nitrogens with zero attached hydrogens (tertiary/aromatic N) is 2. The maximum atomic E-state index is 13.2. The molecule has 0 saturated carbocycles. The van der Waals surface area contributed by atoms with E-state index in [1.54, 1.807) is 20.8 Å². The van der Waals surface area contributed by atoms with E-state index >= 15 is 0 Å². The number of amides is 3. The molecule has 0 aliphatic carbocycles. The van der Waals surface area contributed by atoms with Crippen LogP contribution in [-0.4, -0.2) is 65.2 Å². The summed E-state index contributed by atoms with van der Waals surface area (Å²) in [5, 5.41) is 8.04. The molecule has 4 rings (SSSR count). The molecule has 2 aromatic rings. The monoisotopic (exact) mass is 579 g/mol. The van der Waals surface area contributed by atoms with Crippen LogP contribution in [0.1, 0.15) is 77.1 Å². The van der Waals surface area contributed by atoms with Crippen LogP contribution in [-0.2, 0) is 23.9 Å². The number of hydrogen-bond acceptors (Lipinski definition) is 8. The molecule has 42 heavy (non-hydrogen) atoms. The van der Waals surface area contributed by atoms with E-state index in [4.69, 9.17) is 14.5 Å². The summed E-state index contributed by atoms with van der Waals surface area (Å²) in [7, 11) is 0. The number of hydrogen-bond donors (Lipinski definition) is 3. The number of allylic oxidation sites excluding steroid dienone is 1. The first kappa shape index (κ1) is 31.0. The van der Waals surface area contributed by atoms with Gasteiger partial charge in [0.2, 0.25) is 5.91 Å². The molecule has 3 N–H and O–H groups in total. The number of carbonyl (C=O) groups excluding carboxylic acids is 4. The maximum absolute atomic E-state index is 13.2. The second-order valence-electron chi connectivity index (χ2n) is 11.2. The zero-order chi connectivity index (χ0) is 30.2. The average molecular weight is 580 g/mol. The third kappa shape index (κ3) is 8.06. The lowest BCUT2D eigenvalue weighted by molar-refractivity contribution is -0.145. The fraction of sp³-hybridized carbons (Fsp3) is 0.516. The van der Waals surface area contributed by atoms with Crippen molar-refractivity contribution < 1.29 is 28.7 Å². The third-order valence-electron chi connectivity index (χ3n) is 7.42. The zero-order valence-electron chi connectivity index (χ0n) is 24.7. The van der Waals surface area contributed by atoms with Gasteiger partial charge in [-0.25, -0.2) is 10.2 Å². The van der Waals surface area contributed by atoms with E-state index in [1.807, 2.05) is 43.3 Å². The van der Waals surface area contributed by atoms with Crippen molar-refractivity contribution in [1.82, 2.24) is 26.1 Å². The number of pyridine rings is 1. The molecule has 0 spiro atoms. The van der Waals surface area contributed by atoms with E-state index < -0.39 is 36.2 Å². The number of benzene rings is 1. The SMILES string of the molecule is CC(C)[C@@H]1OC(=O)OCCCC/C=C/c2ccc3ccc(nc3c2)[C@@H](C)NC(=O)[C@@H]2CCCN(N2)C(=O)[C@H](C)NC1=O. The predicted octanol–water partition coefficient (Wildman–Crippen LogP) is 3.79. The van der Waals surface area contributed by atoms with Crippen LogP contribution in [0.3, 0.4) is 0 Å². The third-order valence-corrected chi connectivity index (χ3v) is 7.42. The van der Waals surface area contributed by atoms with Crippen LogP contribution >= 0.6 is 0 Å². The summed E-state index contributed by atoms with van der Waals surface area (Å²) >= 11 is 0. The van der Waals surface area contributed by atoms with Crippen LogP contribution in [0.5, 0.6) is 0 Å². The Morgan fingerprint density at radius 3 is 2.50 bits per heavy atom. The summed E-state index contributed by atoms with van der Waals surface area (Å²) in [6, 6.07) is 8.07. The summed E-state index contributed by atoms with van der Waals surface area (Å²) < 4.78 is 10.5. The van der Waals surface area contributed by atoms with Gasteiger partial charge in [0.05, 0.1) is 23.9 Å². The molecule has 1 aromatic carbocycles. The van der Waals surface area contributed by atoms with E-state index in [2.05, 4.69) is 22.1 Å². The molecule has 5 bridgehead atoms. The molecule has 11 nitrogen and oxygen atoms in total. The number of carbonyl (C=O) groups is 4. The van der Waals surface area contributed by atoms with Gasteiger partial charge in [-0.2, -0.15) is 0 Å². The second kappa shape index (κ2) is 14.3. The molecule has 3 amide bonds. The highest BCUT2D eigenvalue weighted by molar-refractivity contribution is 5.90. The molecule has 226 valence electrons. The largest absolute Gasteiger partial charge is 0.509 e. The molecule has 0 unspecified atom stereocenters. The van der Waals surface area contributed by atoms with Gasteiger partial charge in [-0.05, 0) is 69.6 Å². The van der Waals surface area contributed by atoms with Crippen molar-refractivity contribution in [3.05, 3.63) is 47.7 Å². The van der Waals surface area contributed by atoms with Gasteiger partial charge < -0.3 is 20.1 Å². The molecular weight excluding hydrogens is 538 g/mol. The molecule has 1 saturated heterocycles. The molecule has 1 aromatic heterocycles. The Kier molecular flexibility index (Phi) is 10.5. The van der Waals surface area contributed by atoms with Crippen molar-refractivity contribution in [3.63, 3.8) is 0 Å². The number of cyclic esters (lactones) is 2. The van der Waals surface area contributed by atoms with Crippen molar-refractivity contribution in [2.75, 3.05) is 13.2 Å². The number of fused-ring (bicyclic) bond motifs is 4. The highest BCUT2D eigenvalue weighted by atomic mass is 16.7. The minimum atomic E-state index is -1.12. The molecule has 4 atom stereocenters. The Morgan fingerprint density at radius 1 is 0.952 bits per heavy atom. The minimum Gasteiger partial charge on any atom is -0.434 e. The van der Waals surface area contributed by atoms with E-state index in [0.29, 0.717) is 25.8 Å². The smallest absolute Gasteiger partial charge is 0.434 e. The van der Waals surface area contributed by atoms with Crippen LogP contribution in [0, 0.1) is 5.92 Å². The van der Waals surface area contributed by atoms with E-state index in [9.17, 15) is 19.2 Å². The molecule has 3 heterocycles. The van der Waals surface area contributed by atoms with Crippen molar-refractivity contribution in [3.8, 4) is 0 Å². The van der Waals surface area contributed by atoms with Crippen LogP contribution in [0.2, 0.25) is 0 Å². The van der Waals surface area contributed by atoms with Gasteiger partial charge in [0.1, 0.15) is 12.1 Å². The highest BCUT2D eigenvalue weighted by Gasteiger charge is 2.34. The van der Waals surface area contributed by atoms with Crippen LogP contribution in [0.15, 0.2) is 36.4 Å². The Morgan fingerprint density at radius 2 is 1.71 bits per heavy atom. The van der Waals surface area contributed by atoms with Gasteiger partial charge in [-0.3, -0.25) is 24.4 Å². The van der Waals surface area contributed by atoms with Gasteiger partial charge in [-0.15, -0.1) is 0 Å². The first-order valence-electron chi connectivity index (χ1n) is 14.7. The van der Waals surface area contributed by atoms with Crippen molar-refractivity contribution in [2.45, 2.75) is 84.0 Å². The molecular formula is C31H41N5O6. The quantitative estimate of drug-likeness (QED) is 0.434. The van der Waals surface area contributed by atoms with Gasteiger partial charge in [-0.1, -0.05) is 44.2 Å². The Bertz CT molecular complexity index is 1330. The summed E-state index contributed by atoms with van der Waals surface area (Å²) in [5.41, 5.74) is 5.59. The Balaban J connectivity index is 1.53. The van der Waals surface area contributed by atoms with Crippen LogP contribution in [0.4, 0.5) is 4.79 Å². The molecule has 11 heteroatoms. The van der Waals surface area contributed by atoms with E-state index in [-0.39, 0.29) is 24.5 Å². The van der Waals surface area contributed by atoms with Gasteiger partial charge in [0.15, 0.2) is 6.10 Å². The summed E-state index contributed by atoms with van der Waals surface area (Å²) in [4.78, 5) is 56.4. The van der Waals surface area contributed by atoms with Gasteiger partial charge in [0.25, 0.3) is 11.8 Å². The molecule has 1 fully saturated rings. The summed E-state index contributed by atoms with van der Waals surface area (Å²) in [6.45, 7) is 7.48. The fourth-order valence-corrected chi connectivity index (χ4v) is 4.98. The van der Waals surface area contributed by atoms with E-state index in [1.165, 1.54) is 5.01 Å². The normalized spacial score (nSPS) is 26.2. The van der Waals surface area contributed by atoms with Crippen molar-refractivity contribution in [2.24, 2.45) is 5.92 Å². The number of nitrogens with one attached hydrogen (secondary N) is 3. The minimum absolute atomic E-state index is 0.170. The predicted molar refractivity (Wildman–Crippen MR) is 158 cm³/mol. The Labute approximate surface area is 246 Å². The maximum Gasteiger partial charge on any atom is 0.509 e. The Hall–Kier alpha value is -3.99. The molecule has 2 aliphatic rings. The van der Waals surface area contributed by atoms with Crippen LogP contribution in [0.25, 0.3) is 17.0 Å². The summed E-state index contributed by atoms with van der Waals surface area (Å²) in [5.74, 6) is -1.57. The van der Waals surface area contributed by atoms with Crippen molar-refractivity contribution >= 4 is 40.9 Å². The number of aromatic nitrogens is 1. The fourth-order valence-electron chi connectivity index (χ4n) is 4.98. The van der Waals surface area contributed by atoms with E-state index in [0.717, 1.165) is 35.0 Å². The molecule has 2 aliphatic heterocycles. The second-order valence-corrected chi connectivity index (χ2v) is 11.2. The summed E-state index contributed by atoms with van der Waals surface area (Å²) in [6.07, 6.45) is 5.45. The van der Waals surface area contributed by atoms with Gasteiger partial charge in [0, 0.05) is 11.9 Å². The van der Waals surface area contributed by atoms with Gasteiger partial charge >= 0.3 is 6.16 Å². The average Bonchev–Trinajstić information content (AvgIpc) is 2.97. The first-order chi connectivity index (χ1) is 20.1. The zero-order valence-corrected chi connectivity index (χ0v) is 24.7. The van der Waals surface area contributed by atoms with Crippen LogP contribution < -0.4 is 16.1 Å². The number of ether oxygens (including phenoxy) is 2. The number of rotatable bonds is 1. The number of hydrazine groups is 1. The topological polar surface area (TPSA) is 139 Å². The lowest BCUT2D eigenvalue weighted by Gasteiger charge is -2.35. The van der Waals surface area contributed by atoms with Crippen molar-refractivity contribution in [1.29, 1.82) is 0 Å². The standard InChI is InChI=1S/C31H41N5O6/c1-19(2)27-29(38)33-21(4)30(39)36-16-9-11-25(35-36)28(37)32-20(3)24-15-14-23-13-12-22(18-26(23)34-24)10-7-5-6-8-17-41-31(40)42-27/h7,10,12-15,18-21,25,27,35H,5-6,8-9,11,16-17H2,1-4H3,(H,32,37)(H,33,38)/b10-7+/t20-,21+,25+,27+/m1/s1. The lowest BCUT2D eigenvalue weighted by Crippen LogP contribution is -2.61. The molecule has 0 radical (unpaired) electrons. The lowest BCUT2D eigenvalue weighted by atomic mass is 10.1. The first-order valence-corrected chi connectivity index (χ1v) is 14.7. The highest BCUT2D eigenvalue weighted by Crippen LogP contribution is 2.20.